The van der Waals surface area contributed by atoms with E-state index in [2.05, 4.69) is 27.8 Å². The molecular weight excluding hydrogens is 266 g/mol. The van der Waals surface area contributed by atoms with E-state index in [1.165, 1.54) is 25.7 Å². The van der Waals surface area contributed by atoms with E-state index in [1.807, 2.05) is 0 Å². The normalized spacial score (nSPS) is 32.4. The molecule has 16 heavy (non-hydrogen) atoms. The number of fused-ring (bicyclic) bond motifs is 1. The summed E-state index contributed by atoms with van der Waals surface area (Å²) in [4.78, 5) is 14.5. The molecular formula is C13H22BrNO. The lowest BCUT2D eigenvalue weighted by molar-refractivity contribution is -0.141. The molecule has 0 bridgehead atoms. The third kappa shape index (κ3) is 2.44. The Kier molecular flexibility index (Phi) is 4.28. The summed E-state index contributed by atoms with van der Waals surface area (Å²) in [7, 11) is 0. The lowest BCUT2D eigenvalue weighted by atomic mass is 9.78. The number of carbonyl (C=O) groups is 1. The van der Waals surface area contributed by atoms with Crippen molar-refractivity contribution in [2.24, 2.45) is 5.92 Å². The van der Waals surface area contributed by atoms with Gasteiger partial charge >= 0.3 is 0 Å². The molecule has 1 saturated carbocycles. The van der Waals surface area contributed by atoms with Gasteiger partial charge in [0.25, 0.3) is 0 Å². The van der Waals surface area contributed by atoms with Crippen LogP contribution in [0.1, 0.15) is 58.3 Å². The highest BCUT2D eigenvalue weighted by Gasteiger charge is 2.39. The molecule has 2 rings (SSSR count). The number of piperidine rings is 1. The average molecular weight is 288 g/mol. The van der Waals surface area contributed by atoms with Crippen molar-refractivity contribution in [1.29, 1.82) is 0 Å². The lowest BCUT2D eigenvalue weighted by Gasteiger charge is -2.46. The number of hydrogen-bond donors (Lipinski definition) is 0. The van der Waals surface area contributed by atoms with Crippen LogP contribution in [-0.2, 0) is 4.79 Å². The van der Waals surface area contributed by atoms with Crippen molar-refractivity contribution in [3.8, 4) is 0 Å². The van der Waals surface area contributed by atoms with Crippen molar-refractivity contribution in [3.05, 3.63) is 0 Å². The smallest absolute Gasteiger partial charge is 0.223 e. The summed E-state index contributed by atoms with van der Waals surface area (Å²) in [5.41, 5.74) is 0. The van der Waals surface area contributed by atoms with Crippen molar-refractivity contribution in [1.82, 2.24) is 4.90 Å². The Morgan fingerprint density at radius 2 is 2.12 bits per heavy atom. The van der Waals surface area contributed by atoms with E-state index < -0.39 is 0 Å². The third-order valence-electron chi connectivity index (χ3n) is 4.07. The number of nitrogens with zero attached hydrogens (tertiary/aromatic N) is 1. The first-order chi connectivity index (χ1) is 7.74. The van der Waals surface area contributed by atoms with Crippen LogP contribution in [0.5, 0.6) is 0 Å². The van der Waals surface area contributed by atoms with Gasteiger partial charge in [-0.15, -0.1) is 0 Å². The maximum Gasteiger partial charge on any atom is 0.223 e. The second kappa shape index (κ2) is 5.52. The molecule has 0 radical (unpaired) electrons. The average Bonchev–Trinajstić information content (AvgIpc) is 2.29. The van der Waals surface area contributed by atoms with Crippen LogP contribution in [-0.4, -0.2) is 21.8 Å². The number of halogens is 1. The molecule has 1 heterocycles. The largest absolute Gasteiger partial charge is 0.327 e. The lowest BCUT2D eigenvalue weighted by Crippen LogP contribution is -2.52. The quantitative estimate of drug-likeness (QED) is 0.573. The van der Waals surface area contributed by atoms with Gasteiger partial charge in [0.05, 0.1) is 4.95 Å². The molecule has 3 unspecified atom stereocenters. The Labute approximate surface area is 107 Å². The minimum absolute atomic E-state index is 0.274. The minimum Gasteiger partial charge on any atom is -0.327 e. The van der Waals surface area contributed by atoms with Crippen LogP contribution in [0.25, 0.3) is 0 Å². The molecule has 0 N–H and O–H groups in total. The number of rotatable bonds is 3. The van der Waals surface area contributed by atoms with E-state index in [4.69, 9.17) is 0 Å². The molecule has 92 valence electrons. The van der Waals surface area contributed by atoms with Crippen LogP contribution in [0.2, 0.25) is 0 Å². The molecule has 0 aromatic rings. The fourth-order valence-corrected chi connectivity index (χ4v) is 4.25. The van der Waals surface area contributed by atoms with E-state index in [0.29, 0.717) is 11.9 Å². The maximum atomic E-state index is 12.1. The fourth-order valence-electron chi connectivity index (χ4n) is 3.26. The van der Waals surface area contributed by atoms with E-state index in [-0.39, 0.29) is 4.95 Å². The van der Waals surface area contributed by atoms with Gasteiger partial charge < -0.3 is 4.90 Å². The standard InChI is InChI=1S/C13H22BrNO/c1-2-5-12(14)15-11-7-4-3-6-10(11)8-9-13(15)16/h10-12H,2-9H2,1H3. The van der Waals surface area contributed by atoms with E-state index in [0.717, 1.165) is 31.6 Å². The highest BCUT2D eigenvalue weighted by Crippen LogP contribution is 2.38. The second-order valence-electron chi connectivity index (χ2n) is 5.17. The summed E-state index contributed by atoms with van der Waals surface area (Å²) in [6.45, 7) is 2.18. The number of carbonyl (C=O) groups excluding carboxylic acids is 1. The van der Waals surface area contributed by atoms with E-state index in [1.54, 1.807) is 0 Å². The molecule has 1 amide bonds. The molecule has 3 atom stereocenters. The monoisotopic (exact) mass is 287 g/mol. The van der Waals surface area contributed by atoms with Crippen LogP contribution >= 0.6 is 15.9 Å². The first-order valence-electron chi connectivity index (χ1n) is 6.69. The summed E-state index contributed by atoms with van der Waals surface area (Å²) in [5.74, 6) is 1.15. The zero-order chi connectivity index (χ0) is 11.5. The Balaban J connectivity index is 2.08. The van der Waals surface area contributed by atoms with Crippen LogP contribution < -0.4 is 0 Å². The fraction of sp³-hybridized carbons (Fsp3) is 0.923. The summed E-state index contributed by atoms with van der Waals surface area (Å²) in [5, 5.41) is 0. The summed E-state index contributed by atoms with van der Waals surface area (Å²) >= 11 is 3.71. The number of likely N-dealkylation sites (tertiary alicyclic amines) is 1. The molecule has 2 fully saturated rings. The predicted octanol–water partition coefficient (Wildman–Crippen LogP) is 3.69. The van der Waals surface area contributed by atoms with Crippen LogP contribution in [0.4, 0.5) is 0 Å². The molecule has 1 saturated heterocycles. The van der Waals surface area contributed by atoms with Gasteiger partial charge in [0.1, 0.15) is 0 Å². The zero-order valence-electron chi connectivity index (χ0n) is 10.1. The second-order valence-corrected chi connectivity index (χ2v) is 6.23. The van der Waals surface area contributed by atoms with Gasteiger partial charge in [-0.1, -0.05) is 42.1 Å². The van der Waals surface area contributed by atoms with Crippen LogP contribution in [0.3, 0.4) is 0 Å². The van der Waals surface area contributed by atoms with E-state index >= 15 is 0 Å². The van der Waals surface area contributed by atoms with Crippen LogP contribution in [0, 0.1) is 5.92 Å². The van der Waals surface area contributed by atoms with Gasteiger partial charge in [-0.25, -0.2) is 0 Å². The summed E-state index contributed by atoms with van der Waals surface area (Å²) in [6.07, 6.45) is 9.34. The molecule has 0 aromatic carbocycles. The first-order valence-corrected chi connectivity index (χ1v) is 7.61. The van der Waals surface area contributed by atoms with Gasteiger partial charge in [0.15, 0.2) is 0 Å². The van der Waals surface area contributed by atoms with Gasteiger partial charge in [-0.05, 0) is 31.6 Å². The SMILES string of the molecule is CCCC(Br)N1C(=O)CCC2CCCCC21. The molecule has 0 aromatic heterocycles. The Hall–Kier alpha value is -0.0500. The number of alkyl halides is 1. The molecule has 2 aliphatic rings. The number of hydrogen-bond acceptors (Lipinski definition) is 1. The van der Waals surface area contributed by atoms with Crippen molar-refractivity contribution in [2.45, 2.75) is 69.3 Å². The van der Waals surface area contributed by atoms with Crippen molar-refractivity contribution in [3.63, 3.8) is 0 Å². The maximum absolute atomic E-state index is 12.1. The minimum atomic E-state index is 0.274. The van der Waals surface area contributed by atoms with Gasteiger partial charge in [-0.2, -0.15) is 0 Å². The van der Waals surface area contributed by atoms with Crippen molar-refractivity contribution >= 4 is 21.8 Å². The highest BCUT2D eigenvalue weighted by atomic mass is 79.9. The van der Waals surface area contributed by atoms with E-state index in [9.17, 15) is 4.79 Å². The van der Waals surface area contributed by atoms with Crippen molar-refractivity contribution in [2.75, 3.05) is 0 Å². The Morgan fingerprint density at radius 1 is 1.38 bits per heavy atom. The van der Waals surface area contributed by atoms with Gasteiger partial charge in [-0.3, -0.25) is 4.79 Å². The zero-order valence-corrected chi connectivity index (χ0v) is 11.7. The predicted molar refractivity (Wildman–Crippen MR) is 69.4 cm³/mol. The Bertz CT molecular complexity index is 256. The summed E-state index contributed by atoms with van der Waals surface area (Å²) in [6, 6.07) is 0.533. The molecule has 2 nitrogen and oxygen atoms in total. The third-order valence-corrected chi connectivity index (χ3v) is 4.97. The Morgan fingerprint density at radius 3 is 2.88 bits per heavy atom. The van der Waals surface area contributed by atoms with Gasteiger partial charge in [0, 0.05) is 12.5 Å². The molecule has 0 spiro atoms. The number of amides is 1. The molecule has 3 heteroatoms. The first kappa shape index (κ1) is 12.4. The molecule has 1 aliphatic carbocycles. The molecule has 1 aliphatic heterocycles. The van der Waals surface area contributed by atoms with Gasteiger partial charge in [0.2, 0.25) is 5.91 Å². The summed E-state index contributed by atoms with van der Waals surface area (Å²) < 4.78 is 0. The topological polar surface area (TPSA) is 20.3 Å². The van der Waals surface area contributed by atoms with Crippen molar-refractivity contribution < 1.29 is 4.79 Å². The highest BCUT2D eigenvalue weighted by molar-refractivity contribution is 9.09. The van der Waals surface area contributed by atoms with Crippen LogP contribution in [0.15, 0.2) is 0 Å².